The topological polar surface area (TPSA) is 29.1 Å². The molecule has 1 amide bonds. The molecule has 0 atom stereocenters. The van der Waals surface area contributed by atoms with Crippen molar-refractivity contribution in [3.8, 4) is 0 Å². The Kier molecular flexibility index (Phi) is 5.73. The molecule has 1 saturated carbocycles. The zero-order chi connectivity index (χ0) is 15.3. The van der Waals surface area contributed by atoms with Gasteiger partial charge in [0.25, 0.3) is 0 Å². The van der Waals surface area contributed by atoms with E-state index < -0.39 is 11.6 Å². The maximum atomic E-state index is 13.5. The number of carbonyl (C=O) groups is 1. The lowest BCUT2D eigenvalue weighted by atomic mass is 9.75. The fraction of sp³-hybridized carbons (Fsp3) is 0.562. The highest BCUT2D eigenvalue weighted by Gasteiger charge is 2.31. The van der Waals surface area contributed by atoms with Crippen molar-refractivity contribution in [1.82, 2.24) is 5.32 Å². The third kappa shape index (κ3) is 4.25. The zero-order valence-electron chi connectivity index (χ0n) is 11.9. The van der Waals surface area contributed by atoms with Gasteiger partial charge in [-0.15, -0.1) is 0 Å². The van der Waals surface area contributed by atoms with E-state index >= 15 is 0 Å². The summed E-state index contributed by atoms with van der Waals surface area (Å²) in [4.78, 5) is 12.0. The molecular weight excluding hydrogens is 340 g/mol. The molecule has 116 valence electrons. The second-order valence-electron chi connectivity index (χ2n) is 5.85. The maximum absolute atomic E-state index is 13.5. The summed E-state index contributed by atoms with van der Waals surface area (Å²) in [6.07, 6.45) is 5.48. The number of hydrogen-bond donors (Lipinski definition) is 1. The van der Waals surface area contributed by atoms with Gasteiger partial charge in [-0.05, 0) is 30.4 Å². The van der Waals surface area contributed by atoms with Gasteiger partial charge in [0.05, 0.1) is 6.42 Å². The normalized spacial score (nSPS) is 17.5. The molecule has 0 spiro atoms. The van der Waals surface area contributed by atoms with Gasteiger partial charge in [0.15, 0.2) is 0 Å². The minimum absolute atomic E-state index is 0.0850. The van der Waals surface area contributed by atoms with Gasteiger partial charge in [-0.25, -0.2) is 8.78 Å². The predicted octanol–water partition coefficient (Wildman–Crippen LogP) is 3.97. The molecule has 0 heterocycles. The van der Waals surface area contributed by atoms with Gasteiger partial charge in [-0.1, -0.05) is 41.3 Å². The molecule has 1 aromatic carbocycles. The Morgan fingerprint density at radius 3 is 2.38 bits per heavy atom. The average Bonchev–Trinajstić information content (AvgIpc) is 2.50. The molecule has 5 heteroatoms. The second-order valence-corrected chi connectivity index (χ2v) is 6.41. The summed E-state index contributed by atoms with van der Waals surface area (Å²) in [5, 5.41) is 3.69. The number of amides is 1. The molecule has 1 fully saturated rings. The van der Waals surface area contributed by atoms with E-state index in [9.17, 15) is 13.6 Å². The first-order chi connectivity index (χ1) is 10.1. The Bertz CT molecular complexity index is 481. The lowest BCUT2D eigenvalue weighted by molar-refractivity contribution is -0.121. The summed E-state index contributed by atoms with van der Waals surface area (Å²) in [5.74, 6) is -1.67. The van der Waals surface area contributed by atoms with E-state index in [0.29, 0.717) is 6.54 Å². The second kappa shape index (κ2) is 7.34. The molecule has 0 aliphatic heterocycles. The van der Waals surface area contributed by atoms with E-state index in [-0.39, 0.29) is 23.3 Å². The van der Waals surface area contributed by atoms with E-state index in [1.807, 2.05) is 0 Å². The summed E-state index contributed by atoms with van der Waals surface area (Å²) >= 11 is 3.54. The lowest BCUT2D eigenvalue weighted by Crippen LogP contribution is -2.40. The van der Waals surface area contributed by atoms with Crippen molar-refractivity contribution in [2.24, 2.45) is 5.41 Å². The maximum Gasteiger partial charge on any atom is 0.224 e. The number of rotatable bonds is 5. The van der Waals surface area contributed by atoms with Gasteiger partial charge in [-0.2, -0.15) is 0 Å². The largest absolute Gasteiger partial charge is 0.355 e. The van der Waals surface area contributed by atoms with Crippen molar-refractivity contribution in [3.05, 3.63) is 35.4 Å². The summed E-state index contributed by atoms with van der Waals surface area (Å²) in [6, 6.07) is 3.65. The number of nitrogens with one attached hydrogen (secondary N) is 1. The molecule has 1 aromatic rings. The van der Waals surface area contributed by atoms with Crippen LogP contribution in [0.2, 0.25) is 0 Å². The van der Waals surface area contributed by atoms with Crippen molar-refractivity contribution in [2.75, 3.05) is 11.9 Å². The number of carbonyl (C=O) groups excluding carboxylic acids is 1. The Hall–Kier alpha value is -0.970. The van der Waals surface area contributed by atoms with Crippen LogP contribution < -0.4 is 5.32 Å². The van der Waals surface area contributed by atoms with Crippen LogP contribution in [0.1, 0.15) is 37.7 Å². The van der Waals surface area contributed by atoms with Crippen LogP contribution >= 0.6 is 15.9 Å². The van der Waals surface area contributed by atoms with E-state index in [1.54, 1.807) is 0 Å². The molecule has 1 aliphatic rings. The number of hydrogen-bond acceptors (Lipinski definition) is 1. The highest BCUT2D eigenvalue weighted by molar-refractivity contribution is 9.09. The van der Waals surface area contributed by atoms with Crippen molar-refractivity contribution in [3.63, 3.8) is 0 Å². The molecule has 21 heavy (non-hydrogen) atoms. The van der Waals surface area contributed by atoms with Gasteiger partial charge < -0.3 is 5.32 Å². The SMILES string of the molecule is O=C(Cc1c(F)cccc1F)NCC1(CBr)CCCCC1. The smallest absolute Gasteiger partial charge is 0.224 e. The first kappa shape index (κ1) is 16.4. The molecule has 0 unspecified atom stereocenters. The predicted molar refractivity (Wildman–Crippen MR) is 82.4 cm³/mol. The Morgan fingerprint density at radius 1 is 1.19 bits per heavy atom. The minimum atomic E-state index is -0.668. The quantitative estimate of drug-likeness (QED) is 0.791. The number of benzene rings is 1. The molecule has 0 aromatic heterocycles. The van der Waals surface area contributed by atoms with Crippen LogP contribution in [0.5, 0.6) is 0 Å². The van der Waals surface area contributed by atoms with Gasteiger partial charge >= 0.3 is 0 Å². The first-order valence-corrected chi connectivity index (χ1v) is 8.44. The molecule has 0 radical (unpaired) electrons. The standard InChI is InChI=1S/C16H20BrF2NO/c17-10-16(7-2-1-3-8-16)11-20-15(21)9-12-13(18)5-4-6-14(12)19/h4-6H,1-3,7-11H2,(H,20,21). The summed E-state index contributed by atoms with van der Waals surface area (Å²) in [6.45, 7) is 0.563. The molecule has 2 rings (SSSR count). The van der Waals surface area contributed by atoms with Gasteiger partial charge in [0.1, 0.15) is 11.6 Å². The first-order valence-electron chi connectivity index (χ1n) is 7.32. The van der Waals surface area contributed by atoms with Crippen LogP contribution in [0.15, 0.2) is 18.2 Å². The molecule has 1 N–H and O–H groups in total. The van der Waals surface area contributed by atoms with Gasteiger partial charge in [0, 0.05) is 17.4 Å². The third-order valence-corrected chi connectivity index (χ3v) is 5.45. The Morgan fingerprint density at radius 2 is 1.81 bits per heavy atom. The van der Waals surface area contributed by atoms with Crippen molar-refractivity contribution in [1.29, 1.82) is 0 Å². The van der Waals surface area contributed by atoms with Gasteiger partial charge in [-0.3, -0.25) is 4.79 Å². The Balaban J connectivity index is 1.93. The van der Waals surface area contributed by atoms with Crippen LogP contribution in [-0.4, -0.2) is 17.8 Å². The van der Waals surface area contributed by atoms with Crippen LogP contribution in [0, 0.1) is 17.0 Å². The monoisotopic (exact) mass is 359 g/mol. The number of alkyl halides is 1. The molecular formula is C16H20BrF2NO. The van der Waals surface area contributed by atoms with Crippen LogP contribution in [-0.2, 0) is 11.2 Å². The fourth-order valence-corrected chi connectivity index (χ4v) is 3.63. The van der Waals surface area contributed by atoms with E-state index in [2.05, 4.69) is 21.2 Å². The molecule has 1 aliphatic carbocycles. The van der Waals surface area contributed by atoms with E-state index in [0.717, 1.165) is 18.2 Å². The molecule has 0 saturated heterocycles. The summed E-state index contributed by atoms with van der Waals surface area (Å²) < 4.78 is 27.0. The summed E-state index contributed by atoms with van der Waals surface area (Å²) in [5.41, 5.74) is -0.0756. The molecule has 2 nitrogen and oxygen atoms in total. The van der Waals surface area contributed by atoms with E-state index in [4.69, 9.17) is 0 Å². The fourth-order valence-electron chi connectivity index (χ4n) is 2.87. The van der Waals surface area contributed by atoms with Crippen LogP contribution in [0.3, 0.4) is 0 Å². The Labute approximate surface area is 132 Å². The van der Waals surface area contributed by atoms with E-state index in [1.165, 1.54) is 37.5 Å². The average molecular weight is 360 g/mol. The van der Waals surface area contributed by atoms with Crippen LogP contribution in [0.25, 0.3) is 0 Å². The highest BCUT2D eigenvalue weighted by atomic mass is 79.9. The van der Waals surface area contributed by atoms with Crippen LogP contribution in [0.4, 0.5) is 8.78 Å². The minimum Gasteiger partial charge on any atom is -0.355 e. The van der Waals surface area contributed by atoms with Gasteiger partial charge in [0.2, 0.25) is 5.91 Å². The zero-order valence-corrected chi connectivity index (χ0v) is 13.5. The number of halogens is 3. The van der Waals surface area contributed by atoms with Crippen molar-refractivity contribution >= 4 is 21.8 Å². The molecule has 0 bridgehead atoms. The third-order valence-electron chi connectivity index (χ3n) is 4.26. The lowest BCUT2D eigenvalue weighted by Gasteiger charge is -2.35. The highest BCUT2D eigenvalue weighted by Crippen LogP contribution is 2.37. The van der Waals surface area contributed by atoms with Crippen molar-refractivity contribution in [2.45, 2.75) is 38.5 Å². The summed E-state index contributed by atoms with van der Waals surface area (Å²) in [7, 11) is 0. The van der Waals surface area contributed by atoms with Crippen molar-refractivity contribution < 1.29 is 13.6 Å².